The molecule has 0 saturated heterocycles. The van der Waals surface area contributed by atoms with Crippen LogP contribution in [0.25, 0.3) is 0 Å². The van der Waals surface area contributed by atoms with Crippen molar-refractivity contribution >= 4 is 11.6 Å². The maximum absolute atomic E-state index is 13.1. The Bertz CT molecular complexity index is 401. The Hall–Kier alpha value is -1.28. The molecule has 2 nitrogen and oxygen atoms in total. The summed E-state index contributed by atoms with van der Waals surface area (Å²) in [5.41, 5.74) is -0.609. The first-order valence-corrected chi connectivity index (χ1v) is 4.52. The fourth-order valence-electron chi connectivity index (χ4n) is 1.19. The molecule has 0 amide bonds. The Labute approximate surface area is 89.3 Å². The molecule has 15 heavy (non-hydrogen) atoms. The first kappa shape index (κ1) is 11.8. The second-order valence-electron chi connectivity index (χ2n) is 2.73. The molecule has 6 heteroatoms. The lowest BCUT2D eigenvalue weighted by atomic mass is 10.0. The van der Waals surface area contributed by atoms with Gasteiger partial charge < -0.3 is 0 Å². The summed E-state index contributed by atoms with van der Waals surface area (Å²) in [5, 5.41) is 8.42. The molecule has 1 rings (SSSR count). The van der Waals surface area contributed by atoms with E-state index in [0.717, 1.165) is 6.20 Å². The van der Waals surface area contributed by atoms with E-state index in [9.17, 15) is 13.2 Å². The van der Waals surface area contributed by atoms with Crippen LogP contribution in [0.2, 0.25) is 0 Å². The lowest BCUT2D eigenvalue weighted by Gasteiger charge is -2.10. The number of pyridine rings is 1. The first-order chi connectivity index (χ1) is 7.11. The quantitative estimate of drug-likeness (QED) is 0.596. The number of hydrogen-bond acceptors (Lipinski definition) is 2. The molecule has 0 aromatic carbocycles. The fraction of sp³-hybridized carbons (Fsp3) is 0.333. The zero-order valence-corrected chi connectivity index (χ0v) is 8.23. The smallest absolute Gasteiger partial charge is 0.228 e. The number of nitrogens with zero attached hydrogens (tertiary/aromatic N) is 2. The summed E-state index contributed by atoms with van der Waals surface area (Å²) >= 11 is 5.45. The average Bonchev–Trinajstić information content (AvgIpc) is 2.20. The van der Waals surface area contributed by atoms with Gasteiger partial charge in [0, 0.05) is 23.2 Å². The van der Waals surface area contributed by atoms with Gasteiger partial charge in [-0.2, -0.15) is 9.65 Å². The van der Waals surface area contributed by atoms with Gasteiger partial charge in [-0.1, -0.05) is 0 Å². The molecule has 0 saturated carbocycles. The molecule has 0 radical (unpaired) electrons. The molecular weight excluding hydrogens is 229 g/mol. The van der Waals surface area contributed by atoms with Crippen molar-refractivity contribution in [2.24, 2.45) is 0 Å². The lowest BCUT2D eigenvalue weighted by molar-refractivity contribution is 0.149. The first-order valence-electron chi connectivity index (χ1n) is 3.99. The second kappa shape index (κ2) is 4.99. The minimum absolute atomic E-state index is 0.0410. The van der Waals surface area contributed by atoms with Crippen LogP contribution in [0.1, 0.15) is 23.1 Å². The predicted octanol–water partition coefficient (Wildman–Crippen LogP) is 2.96. The van der Waals surface area contributed by atoms with Crippen molar-refractivity contribution < 1.29 is 13.2 Å². The maximum atomic E-state index is 13.1. The van der Waals surface area contributed by atoms with Crippen LogP contribution in [-0.4, -0.2) is 4.98 Å². The molecule has 0 aliphatic carbocycles. The molecule has 0 aliphatic heterocycles. The SMILES string of the molecule is N#CCc1c(F)ncc(C(F)F)c1CCl. The number of hydrogen-bond donors (Lipinski definition) is 0. The van der Waals surface area contributed by atoms with Crippen molar-refractivity contribution in [2.75, 3.05) is 0 Å². The molecule has 80 valence electrons. The van der Waals surface area contributed by atoms with E-state index in [0.29, 0.717) is 0 Å². The topological polar surface area (TPSA) is 36.7 Å². The largest absolute Gasteiger partial charge is 0.265 e. The van der Waals surface area contributed by atoms with E-state index < -0.39 is 17.9 Å². The van der Waals surface area contributed by atoms with Crippen LogP contribution >= 0.6 is 11.6 Å². The van der Waals surface area contributed by atoms with Crippen molar-refractivity contribution in [3.05, 3.63) is 28.8 Å². The minimum atomic E-state index is -2.77. The van der Waals surface area contributed by atoms with Crippen molar-refractivity contribution in [1.29, 1.82) is 5.26 Å². The normalized spacial score (nSPS) is 10.4. The molecule has 0 bridgehead atoms. The van der Waals surface area contributed by atoms with E-state index in [-0.39, 0.29) is 23.4 Å². The van der Waals surface area contributed by atoms with Gasteiger partial charge >= 0.3 is 0 Å². The van der Waals surface area contributed by atoms with Crippen molar-refractivity contribution in [3.8, 4) is 6.07 Å². The van der Waals surface area contributed by atoms with Gasteiger partial charge in [0.25, 0.3) is 6.43 Å². The molecule has 0 unspecified atom stereocenters. The van der Waals surface area contributed by atoms with Gasteiger partial charge in [-0.3, -0.25) is 0 Å². The van der Waals surface area contributed by atoms with Crippen LogP contribution < -0.4 is 0 Å². The highest BCUT2D eigenvalue weighted by Crippen LogP contribution is 2.27. The number of rotatable bonds is 3. The zero-order valence-electron chi connectivity index (χ0n) is 7.48. The van der Waals surface area contributed by atoms with Gasteiger partial charge in [0.15, 0.2) is 0 Å². The van der Waals surface area contributed by atoms with Crippen molar-refractivity contribution in [3.63, 3.8) is 0 Å². The fourth-order valence-corrected chi connectivity index (χ4v) is 1.50. The molecule has 0 spiro atoms. The van der Waals surface area contributed by atoms with Gasteiger partial charge in [0.05, 0.1) is 12.5 Å². The Morgan fingerprint density at radius 1 is 1.47 bits per heavy atom. The van der Waals surface area contributed by atoms with Gasteiger partial charge in [-0.05, 0) is 5.56 Å². The Balaban J connectivity index is 3.34. The van der Waals surface area contributed by atoms with Crippen molar-refractivity contribution in [2.45, 2.75) is 18.7 Å². The van der Waals surface area contributed by atoms with Crippen molar-refractivity contribution in [1.82, 2.24) is 4.98 Å². The van der Waals surface area contributed by atoms with Crippen LogP contribution in [0.4, 0.5) is 13.2 Å². The number of nitriles is 1. The van der Waals surface area contributed by atoms with Gasteiger partial charge in [-0.25, -0.2) is 13.8 Å². The van der Waals surface area contributed by atoms with E-state index in [2.05, 4.69) is 4.98 Å². The van der Waals surface area contributed by atoms with Crippen LogP contribution in [0.3, 0.4) is 0 Å². The van der Waals surface area contributed by atoms with E-state index in [4.69, 9.17) is 16.9 Å². The third kappa shape index (κ3) is 2.39. The van der Waals surface area contributed by atoms with E-state index >= 15 is 0 Å². The Kier molecular flexibility index (Phi) is 3.92. The highest BCUT2D eigenvalue weighted by atomic mass is 35.5. The predicted molar refractivity (Wildman–Crippen MR) is 48.0 cm³/mol. The summed E-state index contributed by atoms with van der Waals surface area (Å²) in [6.07, 6.45) is -2.34. The Morgan fingerprint density at radius 3 is 2.60 bits per heavy atom. The molecule has 1 aromatic heterocycles. The zero-order chi connectivity index (χ0) is 11.4. The maximum Gasteiger partial charge on any atom is 0.265 e. The average molecular weight is 235 g/mol. The van der Waals surface area contributed by atoms with Crippen LogP contribution in [0.5, 0.6) is 0 Å². The molecule has 0 fully saturated rings. The molecule has 0 atom stereocenters. The third-order valence-electron chi connectivity index (χ3n) is 1.90. The summed E-state index contributed by atoms with van der Waals surface area (Å²) < 4.78 is 38.0. The van der Waals surface area contributed by atoms with Crippen LogP contribution in [-0.2, 0) is 12.3 Å². The monoisotopic (exact) mass is 234 g/mol. The number of halogens is 4. The number of aromatic nitrogens is 1. The summed E-state index contributed by atoms with van der Waals surface area (Å²) in [4.78, 5) is 3.17. The molecule has 0 N–H and O–H groups in total. The van der Waals surface area contributed by atoms with E-state index in [1.807, 2.05) is 0 Å². The third-order valence-corrected chi connectivity index (χ3v) is 2.17. The van der Waals surface area contributed by atoms with E-state index in [1.165, 1.54) is 0 Å². The summed E-state index contributed by atoms with van der Waals surface area (Å²) in [6, 6.07) is 1.68. The summed E-state index contributed by atoms with van der Waals surface area (Å²) in [6.45, 7) is 0. The number of alkyl halides is 3. The van der Waals surface area contributed by atoms with Gasteiger partial charge in [0.1, 0.15) is 0 Å². The highest BCUT2D eigenvalue weighted by molar-refractivity contribution is 6.17. The lowest BCUT2D eigenvalue weighted by Crippen LogP contribution is -2.04. The van der Waals surface area contributed by atoms with Gasteiger partial charge in [0.2, 0.25) is 5.95 Å². The molecular formula is C9H6ClF3N2. The Morgan fingerprint density at radius 2 is 2.13 bits per heavy atom. The minimum Gasteiger partial charge on any atom is -0.228 e. The van der Waals surface area contributed by atoms with Crippen LogP contribution in [0.15, 0.2) is 6.20 Å². The molecule has 1 aromatic rings. The van der Waals surface area contributed by atoms with Gasteiger partial charge in [-0.15, -0.1) is 11.6 Å². The standard InChI is InChI=1S/C9H6ClF3N2/c10-3-6-5(1-2-14)9(13)15-4-7(6)8(11)12/h4,8H,1,3H2. The summed E-state index contributed by atoms with van der Waals surface area (Å²) in [7, 11) is 0. The molecule has 0 aliphatic rings. The molecule has 1 heterocycles. The van der Waals surface area contributed by atoms with Crippen LogP contribution in [0, 0.1) is 17.3 Å². The summed E-state index contributed by atoms with van der Waals surface area (Å²) in [5.74, 6) is -1.19. The highest BCUT2D eigenvalue weighted by Gasteiger charge is 2.19. The van der Waals surface area contributed by atoms with E-state index in [1.54, 1.807) is 6.07 Å². The second-order valence-corrected chi connectivity index (χ2v) is 3.00.